The number of rotatable bonds is 4. The van der Waals surface area contributed by atoms with Crippen molar-refractivity contribution in [3.05, 3.63) is 59.8 Å². The Labute approximate surface area is 157 Å². The summed E-state index contributed by atoms with van der Waals surface area (Å²) in [6.45, 7) is 0.195. The zero-order chi connectivity index (χ0) is 19.6. The minimum absolute atomic E-state index is 0.130. The average Bonchev–Trinajstić information content (AvgIpc) is 2.65. The fourth-order valence-electron chi connectivity index (χ4n) is 2.62. The summed E-state index contributed by atoms with van der Waals surface area (Å²) in [4.78, 5) is 28.0. The van der Waals surface area contributed by atoms with Crippen LogP contribution in [0.3, 0.4) is 0 Å². The predicted octanol–water partition coefficient (Wildman–Crippen LogP) is 0.857. The highest BCUT2D eigenvalue weighted by Gasteiger charge is 2.30. The maximum atomic E-state index is 12.6. The average molecular weight is 389 g/mol. The molecule has 1 unspecified atom stereocenters. The summed E-state index contributed by atoms with van der Waals surface area (Å²) in [6, 6.07) is 8.75. The van der Waals surface area contributed by atoms with Crippen molar-refractivity contribution in [3.63, 3.8) is 0 Å². The Hall–Kier alpha value is -2.94. The molecule has 1 amide bonds. The Kier molecular flexibility index (Phi) is 5.13. The van der Waals surface area contributed by atoms with Gasteiger partial charge in [0, 0.05) is 32.4 Å². The largest absolute Gasteiger partial charge is 0.444 e. The molecule has 27 heavy (non-hydrogen) atoms. The zero-order valence-corrected chi connectivity index (χ0v) is 15.7. The summed E-state index contributed by atoms with van der Waals surface area (Å²) < 4.78 is 32.3. The van der Waals surface area contributed by atoms with Gasteiger partial charge in [-0.15, -0.1) is 4.40 Å². The molecule has 0 bridgehead atoms. The molecule has 1 aromatic carbocycles. The molecule has 3 rings (SSSR count). The van der Waals surface area contributed by atoms with E-state index < -0.39 is 22.1 Å². The molecule has 2 aliphatic rings. The van der Waals surface area contributed by atoms with Crippen LogP contribution in [0.25, 0.3) is 0 Å². The van der Waals surface area contributed by atoms with Gasteiger partial charge in [-0.1, -0.05) is 30.3 Å². The van der Waals surface area contributed by atoms with Gasteiger partial charge in [0.1, 0.15) is 5.84 Å². The van der Waals surface area contributed by atoms with E-state index in [0.29, 0.717) is 5.56 Å². The number of benzene rings is 1. The van der Waals surface area contributed by atoms with Gasteiger partial charge in [0.2, 0.25) is 6.10 Å². The predicted molar refractivity (Wildman–Crippen MR) is 99.1 cm³/mol. The summed E-state index contributed by atoms with van der Waals surface area (Å²) in [5, 5.41) is 0. The molecule has 2 heterocycles. The Morgan fingerprint density at radius 2 is 1.89 bits per heavy atom. The number of likely N-dealkylation sites (N-methyl/N-ethyl adjacent to an activating group) is 1. The summed E-state index contributed by atoms with van der Waals surface area (Å²) in [5.41, 5.74) is 0.775. The van der Waals surface area contributed by atoms with E-state index in [-0.39, 0.29) is 29.6 Å². The highest BCUT2D eigenvalue weighted by Crippen LogP contribution is 2.23. The van der Waals surface area contributed by atoms with Crippen molar-refractivity contribution in [2.45, 2.75) is 6.10 Å². The number of amides is 1. The molecular formula is C18H19N3O5S. The van der Waals surface area contributed by atoms with Gasteiger partial charge < -0.3 is 14.5 Å². The first-order chi connectivity index (χ1) is 12.8. The highest BCUT2D eigenvalue weighted by atomic mass is 32.2. The van der Waals surface area contributed by atoms with Crippen LogP contribution in [0, 0.1) is 0 Å². The van der Waals surface area contributed by atoms with E-state index in [2.05, 4.69) is 4.40 Å². The van der Waals surface area contributed by atoms with E-state index in [0.717, 1.165) is 0 Å². The standard InChI is InChI=1S/C18H19N3O5S/c1-20(2)17(22)16(13-6-4-3-5-7-13)26-18(23)14-8-9-15-19-27(24,25)11-10-21(15)12-14/h3-9,12,16H,10-11H2,1-2H3. The molecule has 0 saturated carbocycles. The van der Waals surface area contributed by atoms with E-state index in [1.807, 2.05) is 0 Å². The first kappa shape index (κ1) is 18.8. The van der Waals surface area contributed by atoms with Gasteiger partial charge in [-0.25, -0.2) is 13.2 Å². The number of nitrogens with zero attached hydrogens (tertiary/aromatic N) is 3. The number of sulfonamides is 1. The lowest BCUT2D eigenvalue weighted by Crippen LogP contribution is -2.37. The number of carbonyl (C=O) groups is 2. The van der Waals surface area contributed by atoms with Crippen molar-refractivity contribution in [2.75, 3.05) is 26.4 Å². The lowest BCUT2D eigenvalue weighted by molar-refractivity contribution is -0.156. The van der Waals surface area contributed by atoms with Crippen molar-refractivity contribution in [3.8, 4) is 0 Å². The minimum Gasteiger partial charge on any atom is -0.444 e. The Balaban J connectivity index is 1.82. The van der Waals surface area contributed by atoms with Gasteiger partial charge in [-0.2, -0.15) is 0 Å². The van der Waals surface area contributed by atoms with Crippen molar-refractivity contribution in [1.29, 1.82) is 0 Å². The maximum Gasteiger partial charge on any atom is 0.340 e. The lowest BCUT2D eigenvalue weighted by atomic mass is 10.1. The van der Waals surface area contributed by atoms with Crippen LogP contribution in [0.2, 0.25) is 0 Å². The van der Waals surface area contributed by atoms with Crippen LogP contribution in [0.5, 0.6) is 0 Å². The number of ether oxygens (including phenoxy) is 1. The zero-order valence-electron chi connectivity index (χ0n) is 14.9. The fourth-order valence-corrected chi connectivity index (χ4v) is 3.59. The van der Waals surface area contributed by atoms with Crippen LogP contribution >= 0.6 is 0 Å². The SMILES string of the molecule is CN(C)C(=O)C(OC(=O)C1=CN2CCS(=O)(=O)N=C2C=C1)c1ccccc1. The van der Waals surface area contributed by atoms with E-state index in [1.165, 1.54) is 23.3 Å². The van der Waals surface area contributed by atoms with Crippen LogP contribution < -0.4 is 0 Å². The second-order valence-corrected chi connectivity index (χ2v) is 8.03. The normalized spacial score (nSPS) is 18.7. The van der Waals surface area contributed by atoms with Gasteiger partial charge in [-0.3, -0.25) is 4.79 Å². The topological polar surface area (TPSA) is 96.4 Å². The van der Waals surface area contributed by atoms with Crippen LogP contribution in [-0.4, -0.2) is 62.3 Å². The van der Waals surface area contributed by atoms with Gasteiger partial charge in [0.25, 0.3) is 15.9 Å². The Morgan fingerprint density at radius 3 is 2.56 bits per heavy atom. The lowest BCUT2D eigenvalue weighted by Gasteiger charge is -2.27. The Morgan fingerprint density at radius 1 is 1.19 bits per heavy atom. The quantitative estimate of drug-likeness (QED) is 0.709. The minimum atomic E-state index is -3.47. The van der Waals surface area contributed by atoms with Gasteiger partial charge in [-0.05, 0) is 12.2 Å². The maximum absolute atomic E-state index is 12.6. The molecule has 0 aliphatic carbocycles. The van der Waals surface area contributed by atoms with Crippen molar-refractivity contribution >= 4 is 27.7 Å². The second kappa shape index (κ2) is 7.36. The summed E-state index contributed by atoms with van der Waals surface area (Å²) >= 11 is 0. The first-order valence-electron chi connectivity index (χ1n) is 8.23. The third kappa shape index (κ3) is 4.25. The molecule has 0 saturated heterocycles. The molecule has 0 radical (unpaired) electrons. The number of carbonyl (C=O) groups excluding carboxylic acids is 2. The Bertz CT molecular complexity index is 948. The number of amidine groups is 1. The first-order valence-corrected chi connectivity index (χ1v) is 9.84. The summed E-state index contributed by atoms with van der Waals surface area (Å²) in [5.74, 6) is -0.916. The number of hydrogen-bond acceptors (Lipinski definition) is 6. The molecule has 142 valence electrons. The third-order valence-corrected chi connectivity index (χ3v) is 5.22. The van der Waals surface area contributed by atoms with Crippen molar-refractivity contribution < 1.29 is 22.7 Å². The van der Waals surface area contributed by atoms with Gasteiger partial charge >= 0.3 is 5.97 Å². The van der Waals surface area contributed by atoms with Crippen molar-refractivity contribution in [2.24, 2.45) is 4.40 Å². The highest BCUT2D eigenvalue weighted by molar-refractivity contribution is 7.90. The monoisotopic (exact) mass is 389 g/mol. The molecule has 9 heteroatoms. The molecule has 1 atom stereocenters. The fraction of sp³-hybridized carbons (Fsp3) is 0.278. The van der Waals surface area contributed by atoms with Crippen LogP contribution in [0.4, 0.5) is 0 Å². The third-order valence-electron chi connectivity index (χ3n) is 4.05. The van der Waals surface area contributed by atoms with Crippen LogP contribution in [0.15, 0.2) is 58.7 Å². The number of esters is 1. The van der Waals surface area contributed by atoms with Crippen LogP contribution in [0.1, 0.15) is 11.7 Å². The molecule has 0 fully saturated rings. The molecule has 2 aliphatic heterocycles. The van der Waals surface area contributed by atoms with Gasteiger partial charge in [0.05, 0.1) is 11.3 Å². The number of fused-ring (bicyclic) bond motifs is 1. The molecule has 0 spiro atoms. The molecule has 0 N–H and O–H groups in total. The van der Waals surface area contributed by atoms with E-state index in [9.17, 15) is 18.0 Å². The van der Waals surface area contributed by atoms with Crippen molar-refractivity contribution in [1.82, 2.24) is 9.80 Å². The van der Waals surface area contributed by atoms with Gasteiger partial charge in [0.15, 0.2) is 0 Å². The second-order valence-electron chi connectivity index (χ2n) is 6.28. The smallest absolute Gasteiger partial charge is 0.340 e. The molecule has 1 aromatic rings. The van der Waals surface area contributed by atoms with E-state index >= 15 is 0 Å². The number of hydrogen-bond donors (Lipinski definition) is 0. The van der Waals surface area contributed by atoms with E-state index in [1.54, 1.807) is 49.3 Å². The van der Waals surface area contributed by atoms with E-state index in [4.69, 9.17) is 4.74 Å². The summed E-state index contributed by atoms with van der Waals surface area (Å²) in [6.07, 6.45) is 3.29. The molecule has 0 aromatic heterocycles. The van der Waals surface area contributed by atoms with Crippen LogP contribution in [-0.2, 0) is 24.3 Å². The summed E-state index contributed by atoms with van der Waals surface area (Å²) in [7, 11) is -0.295. The molecular weight excluding hydrogens is 370 g/mol. The molecule has 8 nitrogen and oxygen atoms in total.